The Bertz CT molecular complexity index is 733. The van der Waals surface area contributed by atoms with Crippen molar-refractivity contribution in [3.05, 3.63) is 33.4 Å². The third kappa shape index (κ3) is 6.27. The van der Waals surface area contributed by atoms with Crippen molar-refractivity contribution in [2.75, 3.05) is 0 Å². The Labute approximate surface area is 206 Å². The van der Waals surface area contributed by atoms with Gasteiger partial charge in [-0.15, -0.1) is 0 Å². The fourth-order valence-corrected chi connectivity index (χ4v) is 8.05. The van der Waals surface area contributed by atoms with E-state index in [1.54, 1.807) is 55.2 Å². The highest BCUT2D eigenvalue weighted by molar-refractivity contribution is 5.49. The second-order valence-electron chi connectivity index (χ2n) is 13.2. The van der Waals surface area contributed by atoms with Crippen LogP contribution >= 0.6 is 0 Å². The molecule has 1 aromatic carbocycles. The van der Waals surface area contributed by atoms with Crippen LogP contribution < -0.4 is 0 Å². The second-order valence-corrected chi connectivity index (χ2v) is 13.2. The molecule has 3 aliphatic carbocycles. The van der Waals surface area contributed by atoms with Crippen molar-refractivity contribution in [2.24, 2.45) is 35.5 Å². The van der Waals surface area contributed by atoms with E-state index >= 15 is 0 Å². The highest BCUT2D eigenvalue weighted by Crippen LogP contribution is 2.42. The summed E-state index contributed by atoms with van der Waals surface area (Å²) in [7, 11) is 0. The van der Waals surface area contributed by atoms with Gasteiger partial charge in [-0.2, -0.15) is 0 Å². The lowest BCUT2D eigenvalue weighted by atomic mass is 9.70. The highest BCUT2D eigenvalue weighted by Gasteiger charge is 2.29. The van der Waals surface area contributed by atoms with Gasteiger partial charge in [-0.05, 0) is 136 Å². The molecule has 3 saturated carbocycles. The van der Waals surface area contributed by atoms with Crippen LogP contribution in [0.4, 0.5) is 0 Å². The van der Waals surface area contributed by atoms with Gasteiger partial charge in [0.15, 0.2) is 0 Å². The van der Waals surface area contributed by atoms with Gasteiger partial charge in [0.05, 0.1) is 0 Å². The van der Waals surface area contributed by atoms with E-state index in [-0.39, 0.29) is 0 Å². The molecule has 0 spiro atoms. The Balaban J connectivity index is 1.19. The molecule has 0 atom stereocenters. The molecule has 3 aliphatic rings. The molecule has 186 valence electrons. The van der Waals surface area contributed by atoms with E-state index in [0.717, 1.165) is 35.5 Å². The Morgan fingerprint density at radius 1 is 0.424 bits per heavy atom. The van der Waals surface area contributed by atoms with E-state index in [0.29, 0.717) is 0 Å². The van der Waals surface area contributed by atoms with Crippen molar-refractivity contribution in [1.82, 2.24) is 0 Å². The van der Waals surface area contributed by atoms with Gasteiger partial charge in [0.1, 0.15) is 0 Å². The van der Waals surface area contributed by atoms with E-state index in [1.807, 2.05) is 0 Å². The first kappa shape index (κ1) is 25.3. The van der Waals surface area contributed by atoms with Gasteiger partial charge in [0.2, 0.25) is 0 Å². The normalized spacial score (nSPS) is 33.3. The molecule has 4 rings (SSSR count). The molecule has 0 radical (unpaired) electrons. The van der Waals surface area contributed by atoms with Crippen LogP contribution in [0.25, 0.3) is 0 Å². The van der Waals surface area contributed by atoms with Gasteiger partial charge in [0, 0.05) is 0 Å². The molecule has 0 unspecified atom stereocenters. The third-order valence-corrected chi connectivity index (χ3v) is 11.0. The summed E-state index contributed by atoms with van der Waals surface area (Å²) in [6, 6.07) is 0. The summed E-state index contributed by atoms with van der Waals surface area (Å²) in [5.74, 6) is 6.17. The van der Waals surface area contributed by atoms with E-state index in [4.69, 9.17) is 0 Å². The lowest BCUT2D eigenvalue weighted by Gasteiger charge is -2.36. The first-order chi connectivity index (χ1) is 15.8. The molecule has 0 aliphatic heterocycles. The zero-order valence-corrected chi connectivity index (χ0v) is 23.1. The fraction of sp³-hybridized carbons (Fsp3) is 0.818. The summed E-state index contributed by atoms with van der Waals surface area (Å²) >= 11 is 0. The topological polar surface area (TPSA) is 0 Å². The first-order valence-corrected chi connectivity index (χ1v) is 14.9. The van der Waals surface area contributed by atoms with Crippen LogP contribution in [0.15, 0.2) is 0 Å². The summed E-state index contributed by atoms with van der Waals surface area (Å²) in [4.78, 5) is 0. The molecule has 0 heteroatoms. The standard InChI is InChI=1S/C33H54/c1-22-7-9-28(10-8-22)19-29-11-13-30(14-12-29)20-31-15-17-32(18-16-31)21-33-26(5)24(3)23(2)25(4)27(33)6/h22,28-32H,7-21H2,1-6H3. The SMILES string of the molecule is Cc1c(C)c(C)c(CC2CCC(CC3CCC(CC4CCC(C)CC4)CC3)CC2)c(C)c1C. The predicted octanol–water partition coefficient (Wildman–Crippen LogP) is 9.99. The predicted molar refractivity (Wildman–Crippen MR) is 145 cm³/mol. The smallest absolute Gasteiger partial charge is 0.0245 e. The van der Waals surface area contributed by atoms with Crippen molar-refractivity contribution in [3.63, 3.8) is 0 Å². The molecular formula is C33H54. The number of rotatable bonds is 6. The minimum atomic E-state index is 0.925. The summed E-state index contributed by atoms with van der Waals surface area (Å²) in [5, 5.41) is 0. The van der Waals surface area contributed by atoms with Crippen LogP contribution in [0.1, 0.15) is 130 Å². The quantitative estimate of drug-likeness (QED) is 0.404. The lowest BCUT2D eigenvalue weighted by Crippen LogP contribution is -2.23. The second kappa shape index (κ2) is 11.3. The minimum absolute atomic E-state index is 0.925. The minimum Gasteiger partial charge on any atom is -0.0625 e. The fourth-order valence-electron chi connectivity index (χ4n) is 8.05. The van der Waals surface area contributed by atoms with Crippen LogP contribution in [0.3, 0.4) is 0 Å². The maximum absolute atomic E-state index is 2.46. The molecule has 3 fully saturated rings. The molecule has 33 heavy (non-hydrogen) atoms. The zero-order chi connectivity index (χ0) is 23.5. The van der Waals surface area contributed by atoms with E-state index < -0.39 is 0 Å². The molecule has 0 saturated heterocycles. The van der Waals surface area contributed by atoms with E-state index in [1.165, 1.54) is 74.5 Å². The monoisotopic (exact) mass is 450 g/mol. The molecule has 0 heterocycles. The van der Waals surface area contributed by atoms with Crippen LogP contribution in [-0.2, 0) is 6.42 Å². The molecular weight excluding hydrogens is 396 g/mol. The van der Waals surface area contributed by atoms with Crippen molar-refractivity contribution in [1.29, 1.82) is 0 Å². The number of benzene rings is 1. The summed E-state index contributed by atoms with van der Waals surface area (Å²) in [6.07, 6.45) is 22.7. The van der Waals surface area contributed by atoms with Gasteiger partial charge in [-0.3, -0.25) is 0 Å². The van der Waals surface area contributed by atoms with Crippen LogP contribution in [0.2, 0.25) is 0 Å². The molecule has 1 aromatic rings. The summed E-state index contributed by atoms with van der Waals surface area (Å²) in [6.45, 7) is 14.2. The largest absolute Gasteiger partial charge is 0.0625 e. The van der Waals surface area contributed by atoms with Crippen molar-refractivity contribution in [3.8, 4) is 0 Å². The first-order valence-electron chi connectivity index (χ1n) is 14.9. The van der Waals surface area contributed by atoms with Crippen molar-refractivity contribution in [2.45, 2.75) is 138 Å². The lowest BCUT2D eigenvalue weighted by molar-refractivity contribution is 0.166. The van der Waals surface area contributed by atoms with Crippen LogP contribution in [-0.4, -0.2) is 0 Å². The Hall–Kier alpha value is -0.780. The maximum Gasteiger partial charge on any atom is -0.0245 e. The zero-order valence-electron chi connectivity index (χ0n) is 23.1. The van der Waals surface area contributed by atoms with Crippen molar-refractivity contribution >= 4 is 0 Å². The van der Waals surface area contributed by atoms with Crippen LogP contribution in [0, 0.1) is 70.1 Å². The average Bonchev–Trinajstić information content (AvgIpc) is 2.83. The molecule has 0 aromatic heterocycles. The molecule has 0 N–H and O–H groups in total. The molecule has 0 nitrogen and oxygen atoms in total. The average molecular weight is 451 g/mol. The van der Waals surface area contributed by atoms with Gasteiger partial charge >= 0.3 is 0 Å². The number of hydrogen-bond donors (Lipinski definition) is 0. The Morgan fingerprint density at radius 3 is 1.12 bits per heavy atom. The molecule has 0 bridgehead atoms. The van der Waals surface area contributed by atoms with E-state index in [2.05, 4.69) is 41.5 Å². The third-order valence-electron chi connectivity index (χ3n) is 11.0. The van der Waals surface area contributed by atoms with E-state index in [9.17, 15) is 0 Å². The van der Waals surface area contributed by atoms with Crippen molar-refractivity contribution < 1.29 is 0 Å². The number of hydrogen-bond acceptors (Lipinski definition) is 0. The highest BCUT2D eigenvalue weighted by atomic mass is 14.3. The molecule has 0 amide bonds. The van der Waals surface area contributed by atoms with Crippen LogP contribution in [0.5, 0.6) is 0 Å². The maximum atomic E-state index is 2.46. The van der Waals surface area contributed by atoms with Gasteiger partial charge in [-0.1, -0.05) is 71.1 Å². The Morgan fingerprint density at radius 2 is 0.727 bits per heavy atom. The Kier molecular flexibility index (Phi) is 8.67. The van der Waals surface area contributed by atoms with Gasteiger partial charge in [-0.25, -0.2) is 0 Å². The van der Waals surface area contributed by atoms with Gasteiger partial charge < -0.3 is 0 Å². The van der Waals surface area contributed by atoms with Gasteiger partial charge in [0.25, 0.3) is 0 Å². The summed E-state index contributed by atoms with van der Waals surface area (Å²) in [5.41, 5.74) is 9.44. The summed E-state index contributed by atoms with van der Waals surface area (Å²) < 4.78 is 0.